The van der Waals surface area contributed by atoms with Gasteiger partial charge in [-0.05, 0) is 37.0 Å². The van der Waals surface area contributed by atoms with Gasteiger partial charge in [0, 0.05) is 6.54 Å². The normalized spacial score (nSPS) is 15.1. The zero-order valence-electron chi connectivity index (χ0n) is 11.5. The lowest BCUT2D eigenvalue weighted by molar-refractivity contribution is -0.137. The van der Waals surface area contributed by atoms with Crippen molar-refractivity contribution in [1.82, 2.24) is 5.32 Å². The lowest BCUT2D eigenvalue weighted by atomic mass is 9.85. The van der Waals surface area contributed by atoms with Crippen LogP contribution in [0.5, 0.6) is 0 Å². The standard InChI is InChI=1S/C14H14F4N2O2/c15-10-5-4-9(14(16,17)18)6-11(10)20-13(22)12(21)19-7-8-2-1-3-8/h4-6,8H,1-3,7H2,(H,19,21)(H,20,22). The SMILES string of the molecule is O=C(NCC1CCC1)C(=O)Nc1cc(C(F)(F)F)ccc1F. The molecule has 1 fully saturated rings. The van der Waals surface area contributed by atoms with Crippen molar-refractivity contribution < 1.29 is 27.2 Å². The van der Waals surface area contributed by atoms with Crippen LogP contribution < -0.4 is 10.6 Å². The molecule has 1 saturated carbocycles. The van der Waals surface area contributed by atoms with Gasteiger partial charge < -0.3 is 10.6 Å². The Morgan fingerprint density at radius 2 is 1.86 bits per heavy atom. The summed E-state index contributed by atoms with van der Waals surface area (Å²) in [7, 11) is 0. The van der Waals surface area contributed by atoms with E-state index in [1.165, 1.54) is 0 Å². The molecule has 22 heavy (non-hydrogen) atoms. The minimum atomic E-state index is -4.67. The summed E-state index contributed by atoms with van der Waals surface area (Å²) in [5.74, 6) is -2.92. The van der Waals surface area contributed by atoms with E-state index in [0.717, 1.165) is 19.3 Å². The van der Waals surface area contributed by atoms with Gasteiger partial charge in [0.15, 0.2) is 0 Å². The maximum Gasteiger partial charge on any atom is 0.416 e. The second-order valence-corrected chi connectivity index (χ2v) is 5.15. The summed E-state index contributed by atoms with van der Waals surface area (Å²) in [5.41, 5.74) is -1.79. The molecule has 2 amide bonds. The van der Waals surface area contributed by atoms with Crippen molar-refractivity contribution in [3.05, 3.63) is 29.6 Å². The molecular weight excluding hydrogens is 304 g/mol. The molecule has 0 saturated heterocycles. The van der Waals surface area contributed by atoms with Crippen molar-refractivity contribution in [3.63, 3.8) is 0 Å². The van der Waals surface area contributed by atoms with Crippen LogP contribution in [0.25, 0.3) is 0 Å². The number of alkyl halides is 3. The summed E-state index contributed by atoms with van der Waals surface area (Å²) in [6, 6.07) is 1.60. The highest BCUT2D eigenvalue weighted by molar-refractivity contribution is 6.39. The largest absolute Gasteiger partial charge is 0.416 e. The summed E-state index contributed by atoms with van der Waals surface area (Å²) in [6.07, 6.45) is -1.67. The Morgan fingerprint density at radius 1 is 1.18 bits per heavy atom. The number of anilines is 1. The Bertz CT molecular complexity index is 583. The van der Waals surface area contributed by atoms with Crippen molar-refractivity contribution >= 4 is 17.5 Å². The Hall–Kier alpha value is -2.12. The Kier molecular flexibility index (Phi) is 4.68. The van der Waals surface area contributed by atoms with E-state index in [4.69, 9.17) is 0 Å². The maximum absolute atomic E-state index is 13.4. The van der Waals surface area contributed by atoms with Crippen LogP contribution in [0.2, 0.25) is 0 Å². The molecule has 0 bridgehead atoms. The quantitative estimate of drug-likeness (QED) is 0.665. The molecule has 0 unspecified atom stereocenters. The number of hydrogen-bond donors (Lipinski definition) is 2. The van der Waals surface area contributed by atoms with Gasteiger partial charge in [0.05, 0.1) is 11.3 Å². The molecule has 0 aromatic heterocycles. The molecule has 0 radical (unpaired) electrons. The first-order valence-corrected chi connectivity index (χ1v) is 6.73. The Morgan fingerprint density at radius 3 is 2.41 bits per heavy atom. The average molecular weight is 318 g/mol. The fourth-order valence-corrected chi connectivity index (χ4v) is 1.99. The summed E-state index contributed by atoms with van der Waals surface area (Å²) in [4.78, 5) is 23.1. The number of nitrogens with one attached hydrogen (secondary N) is 2. The number of carbonyl (C=O) groups excluding carboxylic acids is 2. The van der Waals surface area contributed by atoms with E-state index >= 15 is 0 Å². The zero-order valence-corrected chi connectivity index (χ0v) is 11.5. The van der Waals surface area contributed by atoms with Crippen LogP contribution in [0.1, 0.15) is 24.8 Å². The molecule has 0 atom stereocenters. The molecule has 120 valence electrons. The molecule has 4 nitrogen and oxygen atoms in total. The summed E-state index contributed by atoms with van der Waals surface area (Å²) in [5, 5.41) is 4.23. The smallest absolute Gasteiger partial charge is 0.348 e. The van der Waals surface area contributed by atoms with Crippen molar-refractivity contribution in [2.45, 2.75) is 25.4 Å². The third kappa shape index (κ3) is 3.96. The highest BCUT2D eigenvalue weighted by atomic mass is 19.4. The molecule has 0 aliphatic heterocycles. The van der Waals surface area contributed by atoms with Gasteiger partial charge in [-0.25, -0.2) is 4.39 Å². The van der Waals surface area contributed by atoms with E-state index in [-0.39, 0.29) is 0 Å². The Balaban J connectivity index is 1.99. The molecule has 8 heteroatoms. The van der Waals surface area contributed by atoms with Crippen LogP contribution in [0.3, 0.4) is 0 Å². The molecule has 0 heterocycles. The highest BCUT2D eigenvalue weighted by Crippen LogP contribution is 2.31. The summed E-state index contributed by atoms with van der Waals surface area (Å²) < 4.78 is 51.1. The lowest BCUT2D eigenvalue weighted by Crippen LogP contribution is -2.39. The summed E-state index contributed by atoms with van der Waals surface area (Å²) >= 11 is 0. The van der Waals surface area contributed by atoms with Crippen molar-refractivity contribution in [2.24, 2.45) is 5.92 Å². The van der Waals surface area contributed by atoms with Crippen LogP contribution in [0.15, 0.2) is 18.2 Å². The van der Waals surface area contributed by atoms with Crippen molar-refractivity contribution in [1.29, 1.82) is 0 Å². The maximum atomic E-state index is 13.4. The molecule has 1 aromatic carbocycles. The summed E-state index contributed by atoms with van der Waals surface area (Å²) in [6.45, 7) is 0.331. The van der Waals surface area contributed by atoms with Crippen molar-refractivity contribution in [3.8, 4) is 0 Å². The van der Waals surface area contributed by atoms with Gasteiger partial charge in [-0.15, -0.1) is 0 Å². The van der Waals surface area contributed by atoms with E-state index in [2.05, 4.69) is 5.32 Å². The van der Waals surface area contributed by atoms with Gasteiger partial charge in [-0.1, -0.05) is 6.42 Å². The number of benzene rings is 1. The van der Waals surface area contributed by atoms with Gasteiger partial charge >= 0.3 is 18.0 Å². The molecule has 1 aliphatic carbocycles. The van der Waals surface area contributed by atoms with Gasteiger partial charge in [0.1, 0.15) is 5.82 Å². The van der Waals surface area contributed by atoms with Crippen LogP contribution in [-0.4, -0.2) is 18.4 Å². The average Bonchev–Trinajstić information content (AvgIpc) is 2.37. The van der Waals surface area contributed by atoms with Crippen LogP contribution in [0, 0.1) is 11.7 Å². The first kappa shape index (κ1) is 16.3. The minimum absolute atomic E-state index is 0.321. The number of halogens is 4. The Labute approximate surface area is 123 Å². The third-order valence-electron chi connectivity index (χ3n) is 3.52. The number of rotatable bonds is 3. The fourth-order valence-electron chi connectivity index (χ4n) is 1.99. The third-order valence-corrected chi connectivity index (χ3v) is 3.52. The first-order valence-electron chi connectivity index (χ1n) is 6.73. The van der Waals surface area contributed by atoms with Crippen LogP contribution in [0.4, 0.5) is 23.2 Å². The topological polar surface area (TPSA) is 58.2 Å². The van der Waals surface area contributed by atoms with E-state index in [0.29, 0.717) is 30.7 Å². The van der Waals surface area contributed by atoms with E-state index < -0.39 is 35.1 Å². The van der Waals surface area contributed by atoms with Gasteiger partial charge in [0.2, 0.25) is 0 Å². The second kappa shape index (κ2) is 6.33. The minimum Gasteiger partial charge on any atom is -0.348 e. The van der Waals surface area contributed by atoms with Gasteiger partial charge in [-0.3, -0.25) is 9.59 Å². The molecule has 2 rings (SSSR count). The zero-order chi connectivity index (χ0) is 16.3. The van der Waals surface area contributed by atoms with E-state index in [9.17, 15) is 27.2 Å². The van der Waals surface area contributed by atoms with E-state index in [1.54, 1.807) is 0 Å². The number of carbonyl (C=O) groups is 2. The second-order valence-electron chi connectivity index (χ2n) is 5.15. The molecular formula is C14H14F4N2O2. The molecule has 1 aromatic rings. The van der Waals surface area contributed by atoms with Gasteiger partial charge in [-0.2, -0.15) is 13.2 Å². The highest BCUT2D eigenvalue weighted by Gasteiger charge is 2.31. The van der Waals surface area contributed by atoms with Crippen LogP contribution in [-0.2, 0) is 15.8 Å². The fraction of sp³-hybridized carbons (Fsp3) is 0.429. The predicted octanol–water partition coefficient (Wildman–Crippen LogP) is 2.70. The van der Waals surface area contributed by atoms with Crippen LogP contribution >= 0.6 is 0 Å². The van der Waals surface area contributed by atoms with E-state index in [1.807, 2.05) is 5.32 Å². The van der Waals surface area contributed by atoms with Gasteiger partial charge in [0.25, 0.3) is 0 Å². The molecule has 0 spiro atoms. The van der Waals surface area contributed by atoms with Crippen molar-refractivity contribution in [2.75, 3.05) is 11.9 Å². The molecule has 2 N–H and O–H groups in total. The number of hydrogen-bond acceptors (Lipinski definition) is 2. The monoisotopic (exact) mass is 318 g/mol. The first-order chi connectivity index (χ1) is 10.3. The number of amides is 2. The molecule has 1 aliphatic rings. The predicted molar refractivity (Wildman–Crippen MR) is 70.4 cm³/mol. The lowest BCUT2D eigenvalue weighted by Gasteiger charge is -2.25.